The zero-order valence-electron chi connectivity index (χ0n) is 15.8. The van der Waals surface area contributed by atoms with Crippen molar-refractivity contribution in [3.8, 4) is 5.75 Å². The fraction of sp³-hybridized carbons (Fsp3) is 0.316. The van der Waals surface area contributed by atoms with Crippen molar-refractivity contribution in [3.05, 3.63) is 45.1 Å². The number of amides is 1. The first-order valence-corrected chi connectivity index (χ1v) is 10.1. The molecule has 1 amide bonds. The van der Waals surface area contributed by atoms with Crippen molar-refractivity contribution in [3.63, 3.8) is 0 Å². The number of aromatic nitrogens is 2. The van der Waals surface area contributed by atoms with Crippen LogP contribution in [0, 0.1) is 13.8 Å². The van der Waals surface area contributed by atoms with E-state index in [1.807, 2.05) is 13.8 Å². The van der Waals surface area contributed by atoms with Crippen LogP contribution in [0.5, 0.6) is 5.75 Å². The number of thioether (sulfide) groups is 1. The van der Waals surface area contributed by atoms with Gasteiger partial charge in [-0.3, -0.25) is 14.2 Å². The highest BCUT2D eigenvalue weighted by atomic mass is 32.2. The molecule has 0 saturated heterocycles. The Hall–Kier alpha value is -2.32. The van der Waals surface area contributed by atoms with Crippen LogP contribution in [0.1, 0.15) is 17.4 Å². The summed E-state index contributed by atoms with van der Waals surface area (Å²) in [6.45, 7) is 5.72. The van der Waals surface area contributed by atoms with Gasteiger partial charge >= 0.3 is 0 Å². The van der Waals surface area contributed by atoms with Crippen molar-refractivity contribution in [2.24, 2.45) is 7.05 Å². The van der Waals surface area contributed by atoms with Crippen molar-refractivity contribution in [1.82, 2.24) is 9.55 Å². The van der Waals surface area contributed by atoms with Crippen LogP contribution in [-0.4, -0.2) is 27.8 Å². The van der Waals surface area contributed by atoms with Gasteiger partial charge in [0.2, 0.25) is 5.91 Å². The lowest BCUT2D eigenvalue weighted by Crippen LogP contribution is -2.25. The molecule has 27 heavy (non-hydrogen) atoms. The highest BCUT2D eigenvalue weighted by Crippen LogP contribution is 2.29. The zero-order valence-corrected chi connectivity index (χ0v) is 17.5. The predicted molar refractivity (Wildman–Crippen MR) is 111 cm³/mol. The Balaban J connectivity index is 1.80. The van der Waals surface area contributed by atoms with Crippen molar-refractivity contribution in [2.45, 2.75) is 31.2 Å². The number of carbonyl (C=O) groups excluding carboxylic acids is 1. The molecule has 2 heterocycles. The number of fused-ring (bicyclic) bond motifs is 1. The minimum atomic E-state index is -0.412. The summed E-state index contributed by atoms with van der Waals surface area (Å²) >= 11 is 2.78. The lowest BCUT2D eigenvalue weighted by atomic mass is 10.2. The van der Waals surface area contributed by atoms with Crippen LogP contribution in [-0.2, 0) is 11.8 Å². The number of aryl methyl sites for hydroxylation is 2. The summed E-state index contributed by atoms with van der Waals surface area (Å²) in [7, 11) is 3.29. The molecule has 0 aliphatic heterocycles. The summed E-state index contributed by atoms with van der Waals surface area (Å²) in [4.78, 5) is 31.6. The molecule has 0 saturated carbocycles. The van der Waals surface area contributed by atoms with E-state index in [0.29, 0.717) is 16.2 Å². The fourth-order valence-corrected chi connectivity index (χ4v) is 4.54. The Morgan fingerprint density at radius 3 is 2.59 bits per heavy atom. The highest BCUT2D eigenvalue weighted by molar-refractivity contribution is 8.00. The van der Waals surface area contributed by atoms with Gasteiger partial charge in [0.15, 0.2) is 5.16 Å². The SMILES string of the molecule is COc1ccc(NC(=O)C(C)Sc2nc3sc(C)c(C)c3c(=O)n2C)cc1. The van der Waals surface area contributed by atoms with Gasteiger partial charge in [-0.25, -0.2) is 4.98 Å². The van der Waals surface area contributed by atoms with Gasteiger partial charge in [0.1, 0.15) is 10.6 Å². The molecule has 0 radical (unpaired) electrons. The van der Waals surface area contributed by atoms with Gasteiger partial charge in [-0.05, 0) is 50.6 Å². The van der Waals surface area contributed by atoms with E-state index < -0.39 is 5.25 Å². The minimum absolute atomic E-state index is 0.0767. The molecule has 1 unspecified atom stereocenters. The lowest BCUT2D eigenvalue weighted by Gasteiger charge is -2.13. The summed E-state index contributed by atoms with van der Waals surface area (Å²) in [5, 5.41) is 3.66. The molecule has 8 heteroatoms. The molecule has 1 N–H and O–H groups in total. The summed E-state index contributed by atoms with van der Waals surface area (Å²) in [6, 6.07) is 7.14. The molecule has 3 rings (SSSR count). The van der Waals surface area contributed by atoms with Gasteiger partial charge in [-0.1, -0.05) is 11.8 Å². The summed E-state index contributed by atoms with van der Waals surface area (Å²) in [6.07, 6.45) is 0. The zero-order chi connectivity index (χ0) is 19.7. The first-order valence-electron chi connectivity index (χ1n) is 8.40. The van der Waals surface area contributed by atoms with E-state index in [1.54, 1.807) is 45.3 Å². The normalized spacial score (nSPS) is 12.2. The fourth-order valence-electron chi connectivity index (χ4n) is 2.59. The maximum atomic E-state index is 12.7. The van der Waals surface area contributed by atoms with E-state index in [1.165, 1.54) is 27.7 Å². The minimum Gasteiger partial charge on any atom is -0.497 e. The first kappa shape index (κ1) is 19.4. The van der Waals surface area contributed by atoms with Gasteiger partial charge in [0, 0.05) is 17.6 Å². The molecule has 6 nitrogen and oxygen atoms in total. The largest absolute Gasteiger partial charge is 0.497 e. The molecule has 1 atom stereocenters. The topological polar surface area (TPSA) is 73.2 Å². The van der Waals surface area contributed by atoms with E-state index in [4.69, 9.17) is 4.74 Å². The molecule has 0 spiro atoms. The summed E-state index contributed by atoms with van der Waals surface area (Å²) in [5.41, 5.74) is 1.59. The number of carbonyl (C=O) groups is 1. The molecule has 2 aromatic heterocycles. The van der Waals surface area contributed by atoms with Crippen LogP contribution in [0.2, 0.25) is 0 Å². The second-order valence-corrected chi connectivity index (χ2v) is 8.71. The molecule has 3 aromatic rings. The second-order valence-electron chi connectivity index (χ2n) is 6.20. The average molecular weight is 404 g/mol. The van der Waals surface area contributed by atoms with Crippen LogP contribution in [0.4, 0.5) is 5.69 Å². The van der Waals surface area contributed by atoms with Crippen LogP contribution < -0.4 is 15.6 Å². The van der Waals surface area contributed by atoms with Crippen LogP contribution in [0.15, 0.2) is 34.2 Å². The maximum Gasteiger partial charge on any atom is 0.262 e. The number of anilines is 1. The number of hydrogen-bond acceptors (Lipinski definition) is 6. The van der Waals surface area contributed by atoms with Crippen molar-refractivity contribution in [1.29, 1.82) is 0 Å². The van der Waals surface area contributed by atoms with Crippen molar-refractivity contribution in [2.75, 3.05) is 12.4 Å². The van der Waals surface area contributed by atoms with Crippen LogP contribution >= 0.6 is 23.1 Å². The Morgan fingerprint density at radius 1 is 1.30 bits per heavy atom. The molecular weight excluding hydrogens is 382 g/mol. The third-order valence-electron chi connectivity index (χ3n) is 4.38. The Morgan fingerprint density at radius 2 is 1.96 bits per heavy atom. The third-order valence-corrected chi connectivity index (χ3v) is 6.62. The monoisotopic (exact) mass is 403 g/mol. The number of nitrogens with zero attached hydrogens (tertiary/aromatic N) is 2. The maximum absolute atomic E-state index is 12.7. The van der Waals surface area contributed by atoms with E-state index in [0.717, 1.165) is 21.0 Å². The number of nitrogens with one attached hydrogen (secondary N) is 1. The van der Waals surface area contributed by atoms with E-state index >= 15 is 0 Å². The summed E-state index contributed by atoms with van der Waals surface area (Å²) in [5.74, 6) is 0.572. The molecule has 142 valence electrons. The quantitative estimate of drug-likeness (QED) is 0.519. The summed E-state index contributed by atoms with van der Waals surface area (Å²) < 4.78 is 6.63. The van der Waals surface area contributed by atoms with Gasteiger partial charge in [0.25, 0.3) is 5.56 Å². The predicted octanol–water partition coefficient (Wildman–Crippen LogP) is 3.74. The smallest absolute Gasteiger partial charge is 0.262 e. The Bertz CT molecular complexity index is 1050. The first-order chi connectivity index (χ1) is 12.8. The molecular formula is C19H21N3O3S2. The van der Waals surface area contributed by atoms with E-state index in [-0.39, 0.29) is 11.5 Å². The van der Waals surface area contributed by atoms with Crippen LogP contribution in [0.3, 0.4) is 0 Å². The van der Waals surface area contributed by atoms with Gasteiger partial charge < -0.3 is 10.1 Å². The number of methoxy groups -OCH3 is 1. The molecule has 0 aliphatic carbocycles. The lowest BCUT2D eigenvalue weighted by molar-refractivity contribution is -0.115. The molecule has 0 aliphatic rings. The number of benzene rings is 1. The second kappa shape index (κ2) is 7.74. The Kier molecular flexibility index (Phi) is 5.57. The molecule has 0 fully saturated rings. The van der Waals surface area contributed by atoms with Gasteiger partial charge in [-0.2, -0.15) is 0 Å². The van der Waals surface area contributed by atoms with Gasteiger partial charge in [-0.15, -0.1) is 11.3 Å². The molecule has 1 aromatic carbocycles. The van der Waals surface area contributed by atoms with E-state index in [9.17, 15) is 9.59 Å². The molecule has 0 bridgehead atoms. The average Bonchev–Trinajstić information content (AvgIpc) is 2.93. The number of thiophene rings is 1. The highest BCUT2D eigenvalue weighted by Gasteiger charge is 2.20. The van der Waals surface area contributed by atoms with Crippen LogP contribution in [0.25, 0.3) is 10.2 Å². The number of ether oxygens (including phenoxy) is 1. The van der Waals surface area contributed by atoms with Gasteiger partial charge in [0.05, 0.1) is 17.7 Å². The van der Waals surface area contributed by atoms with Crippen molar-refractivity contribution >= 4 is 44.9 Å². The Labute approximate surface area is 165 Å². The third kappa shape index (κ3) is 3.86. The van der Waals surface area contributed by atoms with Crippen molar-refractivity contribution < 1.29 is 9.53 Å². The van der Waals surface area contributed by atoms with E-state index in [2.05, 4.69) is 10.3 Å². The standard InChI is InChI=1S/C19H21N3O3S2/c1-10-11(2)26-17-15(10)18(24)22(4)19(21-17)27-12(3)16(23)20-13-6-8-14(25-5)9-7-13/h6-9,12H,1-5H3,(H,20,23). The number of hydrogen-bond donors (Lipinski definition) is 1. The number of rotatable bonds is 5.